The van der Waals surface area contributed by atoms with Gasteiger partial charge in [-0.2, -0.15) is 0 Å². The van der Waals surface area contributed by atoms with E-state index in [0.717, 1.165) is 35.2 Å². The number of nitrogen functional groups attached to an aromatic ring is 1. The molecule has 0 radical (unpaired) electrons. The number of thiophene rings is 1. The van der Waals surface area contributed by atoms with Gasteiger partial charge in [0.2, 0.25) is 0 Å². The SMILES string of the molecule is CC(C)(C)C1CCc2nc3sc(C(=O)N4CCc5ccccc54)c(N)c3cc2C1. The molecule has 0 spiro atoms. The fourth-order valence-electron chi connectivity index (χ4n) is 4.76. The summed E-state index contributed by atoms with van der Waals surface area (Å²) in [7, 11) is 0. The summed E-state index contributed by atoms with van der Waals surface area (Å²) in [6.45, 7) is 7.66. The van der Waals surface area contributed by atoms with Gasteiger partial charge in [0.15, 0.2) is 0 Å². The Morgan fingerprint density at radius 3 is 2.79 bits per heavy atom. The smallest absolute Gasteiger partial charge is 0.270 e. The van der Waals surface area contributed by atoms with Crippen LogP contribution in [0, 0.1) is 11.3 Å². The van der Waals surface area contributed by atoms with E-state index in [2.05, 4.69) is 32.9 Å². The molecule has 1 aromatic carbocycles. The number of aromatic nitrogens is 1. The Morgan fingerprint density at radius 1 is 1.21 bits per heavy atom. The van der Waals surface area contributed by atoms with Crippen molar-refractivity contribution in [3.63, 3.8) is 0 Å². The molecule has 0 fully saturated rings. The maximum absolute atomic E-state index is 13.3. The van der Waals surface area contributed by atoms with Gasteiger partial charge in [-0.1, -0.05) is 39.0 Å². The zero-order valence-electron chi connectivity index (χ0n) is 17.3. The molecular weight excluding hydrogens is 378 g/mol. The van der Waals surface area contributed by atoms with Crippen LogP contribution < -0.4 is 10.6 Å². The fraction of sp³-hybridized carbons (Fsp3) is 0.417. The highest BCUT2D eigenvalue weighted by Crippen LogP contribution is 2.41. The van der Waals surface area contributed by atoms with Crippen molar-refractivity contribution in [2.75, 3.05) is 17.2 Å². The molecule has 1 aliphatic heterocycles. The van der Waals surface area contributed by atoms with E-state index in [1.807, 2.05) is 23.1 Å². The topological polar surface area (TPSA) is 59.2 Å². The van der Waals surface area contributed by atoms with E-state index in [4.69, 9.17) is 10.7 Å². The quantitative estimate of drug-likeness (QED) is 0.603. The van der Waals surface area contributed by atoms with Crippen LogP contribution in [-0.4, -0.2) is 17.4 Å². The molecule has 4 nitrogen and oxygen atoms in total. The first-order chi connectivity index (χ1) is 13.8. The molecule has 5 heteroatoms. The van der Waals surface area contributed by atoms with Crippen LogP contribution >= 0.6 is 11.3 Å². The highest BCUT2D eigenvalue weighted by Gasteiger charge is 2.32. The summed E-state index contributed by atoms with van der Waals surface area (Å²) < 4.78 is 0. The van der Waals surface area contributed by atoms with Gasteiger partial charge in [0.1, 0.15) is 9.71 Å². The number of hydrogen-bond acceptors (Lipinski definition) is 4. The second kappa shape index (κ2) is 6.56. The number of nitrogens with two attached hydrogens (primary N) is 1. The molecule has 29 heavy (non-hydrogen) atoms. The van der Waals surface area contributed by atoms with Gasteiger partial charge in [-0.05, 0) is 60.3 Å². The average Bonchev–Trinajstić information content (AvgIpc) is 3.26. The lowest BCUT2D eigenvalue weighted by Gasteiger charge is -2.34. The van der Waals surface area contributed by atoms with Crippen molar-refractivity contribution in [2.45, 2.75) is 46.5 Å². The number of pyridine rings is 1. The number of carbonyl (C=O) groups excluding carboxylic acids is 1. The minimum Gasteiger partial charge on any atom is -0.397 e. The Kier molecular flexibility index (Phi) is 4.21. The van der Waals surface area contributed by atoms with Gasteiger partial charge in [0.25, 0.3) is 5.91 Å². The first kappa shape index (κ1) is 18.6. The van der Waals surface area contributed by atoms with Gasteiger partial charge in [0, 0.05) is 23.3 Å². The predicted octanol–water partition coefficient (Wildman–Crippen LogP) is 5.23. The van der Waals surface area contributed by atoms with Gasteiger partial charge >= 0.3 is 0 Å². The number of nitrogens with zero attached hydrogens (tertiary/aromatic N) is 2. The Labute approximate surface area is 175 Å². The standard InChI is InChI=1S/C24H27N3OS/c1-24(2,3)16-8-9-18-15(12-16)13-17-20(25)21(29-22(17)26-18)23(28)27-11-10-14-6-4-5-7-19(14)27/h4-7,13,16H,8-12,25H2,1-3H3. The van der Waals surface area contributed by atoms with Crippen molar-refractivity contribution in [1.29, 1.82) is 0 Å². The normalized spacial score (nSPS) is 18.7. The highest BCUT2D eigenvalue weighted by atomic mass is 32.1. The molecule has 1 aliphatic carbocycles. The summed E-state index contributed by atoms with van der Waals surface area (Å²) in [6, 6.07) is 10.3. The third kappa shape index (κ3) is 3.03. The maximum atomic E-state index is 13.3. The Hall–Kier alpha value is -2.40. The monoisotopic (exact) mass is 405 g/mol. The molecule has 5 rings (SSSR count). The Bertz CT molecular complexity index is 1130. The third-order valence-corrected chi connectivity index (χ3v) is 7.74. The number of rotatable bonds is 1. The minimum atomic E-state index is 0.000917. The summed E-state index contributed by atoms with van der Waals surface area (Å²) in [5, 5.41) is 0.944. The molecule has 2 N–H and O–H groups in total. The van der Waals surface area contributed by atoms with Crippen LogP contribution in [0.4, 0.5) is 11.4 Å². The van der Waals surface area contributed by atoms with E-state index >= 15 is 0 Å². The van der Waals surface area contributed by atoms with Crippen molar-refractivity contribution in [2.24, 2.45) is 11.3 Å². The number of anilines is 2. The first-order valence-corrected chi connectivity index (χ1v) is 11.2. The first-order valence-electron chi connectivity index (χ1n) is 10.4. The van der Waals surface area contributed by atoms with Crippen LogP contribution in [0.25, 0.3) is 10.2 Å². The lowest BCUT2D eigenvalue weighted by atomic mass is 9.71. The molecule has 0 saturated carbocycles. The maximum Gasteiger partial charge on any atom is 0.270 e. The molecule has 3 aromatic rings. The number of carbonyl (C=O) groups is 1. The van der Waals surface area contributed by atoms with E-state index in [0.29, 0.717) is 23.0 Å². The lowest BCUT2D eigenvalue weighted by Crippen LogP contribution is -2.28. The van der Waals surface area contributed by atoms with Gasteiger partial charge in [0.05, 0.1) is 5.69 Å². The molecule has 1 amide bonds. The third-order valence-electron chi connectivity index (χ3n) is 6.64. The summed E-state index contributed by atoms with van der Waals surface area (Å²) in [5.74, 6) is 0.650. The number of fused-ring (bicyclic) bond motifs is 3. The number of aryl methyl sites for hydroxylation is 1. The zero-order chi connectivity index (χ0) is 20.3. The predicted molar refractivity (Wildman–Crippen MR) is 121 cm³/mol. The van der Waals surface area contributed by atoms with E-state index in [1.54, 1.807) is 0 Å². The van der Waals surface area contributed by atoms with Crippen LogP contribution in [0.3, 0.4) is 0 Å². The second-order valence-corrected chi connectivity index (χ2v) is 10.4. The summed E-state index contributed by atoms with van der Waals surface area (Å²) in [4.78, 5) is 21.7. The molecular formula is C24H27N3OS. The molecule has 0 saturated heterocycles. The summed E-state index contributed by atoms with van der Waals surface area (Å²) >= 11 is 1.45. The number of amides is 1. The Balaban J connectivity index is 1.52. The average molecular weight is 406 g/mol. The van der Waals surface area contributed by atoms with Crippen LogP contribution in [0.1, 0.15) is 53.7 Å². The van der Waals surface area contributed by atoms with Crippen LogP contribution in [-0.2, 0) is 19.3 Å². The van der Waals surface area contributed by atoms with E-state index in [-0.39, 0.29) is 11.3 Å². The number of para-hydroxylation sites is 1. The largest absolute Gasteiger partial charge is 0.397 e. The van der Waals surface area contributed by atoms with E-state index in [1.165, 1.54) is 34.6 Å². The van der Waals surface area contributed by atoms with Crippen molar-refractivity contribution in [3.05, 3.63) is 52.0 Å². The highest BCUT2D eigenvalue weighted by molar-refractivity contribution is 7.21. The van der Waals surface area contributed by atoms with Crippen LogP contribution in [0.5, 0.6) is 0 Å². The molecule has 1 atom stereocenters. The van der Waals surface area contributed by atoms with Crippen molar-refractivity contribution < 1.29 is 4.79 Å². The van der Waals surface area contributed by atoms with Gasteiger partial charge in [-0.15, -0.1) is 11.3 Å². The Morgan fingerprint density at radius 2 is 2.00 bits per heavy atom. The van der Waals surface area contributed by atoms with E-state index in [9.17, 15) is 4.79 Å². The summed E-state index contributed by atoms with van der Waals surface area (Å²) in [5.41, 5.74) is 12.1. The molecule has 0 bridgehead atoms. The number of benzene rings is 1. The van der Waals surface area contributed by atoms with Crippen molar-refractivity contribution in [1.82, 2.24) is 4.98 Å². The van der Waals surface area contributed by atoms with Gasteiger partial charge in [-0.25, -0.2) is 4.98 Å². The number of hydrogen-bond donors (Lipinski definition) is 1. The minimum absolute atomic E-state index is 0.000917. The second-order valence-electron chi connectivity index (χ2n) is 9.43. The van der Waals surface area contributed by atoms with Gasteiger partial charge < -0.3 is 10.6 Å². The fourth-order valence-corrected chi connectivity index (χ4v) is 5.81. The van der Waals surface area contributed by atoms with E-state index < -0.39 is 0 Å². The van der Waals surface area contributed by atoms with Gasteiger partial charge in [-0.3, -0.25) is 4.79 Å². The van der Waals surface area contributed by atoms with Crippen molar-refractivity contribution in [3.8, 4) is 0 Å². The van der Waals surface area contributed by atoms with Crippen LogP contribution in [0.2, 0.25) is 0 Å². The summed E-state index contributed by atoms with van der Waals surface area (Å²) in [6.07, 6.45) is 4.12. The molecule has 2 aromatic heterocycles. The lowest BCUT2D eigenvalue weighted by molar-refractivity contribution is 0.0994. The molecule has 150 valence electrons. The molecule has 1 unspecified atom stereocenters. The van der Waals surface area contributed by atoms with Crippen LogP contribution in [0.15, 0.2) is 30.3 Å². The van der Waals surface area contributed by atoms with Crippen molar-refractivity contribution >= 4 is 38.8 Å². The molecule has 2 aliphatic rings. The molecule has 3 heterocycles. The zero-order valence-corrected chi connectivity index (χ0v) is 18.1.